The van der Waals surface area contributed by atoms with Gasteiger partial charge in [-0.25, -0.2) is 0 Å². The summed E-state index contributed by atoms with van der Waals surface area (Å²) in [5, 5.41) is 0. The predicted octanol–water partition coefficient (Wildman–Crippen LogP) is 6.58. The monoisotopic (exact) mass is 248 g/mol. The van der Waals surface area contributed by atoms with Crippen molar-refractivity contribution in [2.45, 2.75) is 84.5 Å². The highest BCUT2D eigenvalue weighted by molar-refractivity contribution is 4.93. The fourth-order valence-electron chi connectivity index (χ4n) is 1.87. The minimum absolute atomic E-state index is 1.04. The Morgan fingerprint density at radius 3 is 2.17 bits per heavy atom. The molecule has 0 atom stereocenters. The van der Waals surface area contributed by atoms with Gasteiger partial charge in [0.05, 0.1) is 0 Å². The van der Waals surface area contributed by atoms with E-state index in [0.29, 0.717) is 0 Å². The van der Waals surface area contributed by atoms with E-state index >= 15 is 0 Å². The molecule has 0 saturated heterocycles. The lowest BCUT2D eigenvalue weighted by Crippen LogP contribution is -1.77. The summed E-state index contributed by atoms with van der Waals surface area (Å²) in [5.74, 6) is 0. The molecule has 0 heteroatoms. The van der Waals surface area contributed by atoms with E-state index in [-0.39, 0.29) is 0 Å². The van der Waals surface area contributed by atoms with Crippen LogP contribution in [0.3, 0.4) is 0 Å². The molecule has 0 aliphatic carbocycles. The van der Waals surface area contributed by atoms with Crippen LogP contribution in [0.1, 0.15) is 84.5 Å². The molecule has 0 heterocycles. The van der Waals surface area contributed by atoms with Crippen molar-refractivity contribution >= 4 is 0 Å². The zero-order valence-corrected chi connectivity index (χ0v) is 12.6. The van der Waals surface area contributed by atoms with Gasteiger partial charge >= 0.3 is 0 Å². The molecule has 0 nitrogen and oxygen atoms in total. The lowest BCUT2D eigenvalue weighted by atomic mass is 10.1. The highest BCUT2D eigenvalue weighted by Crippen LogP contribution is 2.07. The highest BCUT2D eigenvalue weighted by Gasteiger charge is 1.87. The summed E-state index contributed by atoms with van der Waals surface area (Å²) in [5.41, 5.74) is 3.24. The van der Waals surface area contributed by atoms with Gasteiger partial charge in [-0.15, -0.1) is 5.73 Å². The standard InChI is InChI=1S/C18H32/c1-3-5-7-9-11-13-15-17-18-16-14-12-10-8-6-4-2/h9,13,17-18H,3-8,10,12,14-16H2,1-2H3. The summed E-state index contributed by atoms with van der Waals surface area (Å²) in [6, 6.07) is 0. The van der Waals surface area contributed by atoms with E-state index in [9.17, 15) is 0 Å². The maximum atomic E-state index is 3.24. The van der Waals surface area contributed by atoms with Gasteiger partial charge in [-0.2, -0.15) is 0 Å². The van der Waals surface area contributed by atoms with E-state index < -0.39 is 0 Å². The summed E-state index contributed by atoms with van der Waals surface area (Å²) < 4.78 is 0. The summed E-state index contributed by atoms with van der Waals surface area (Å²) in [6.45, 7) is 4.50. The second-order valence-electron chi connectivity index (χ2n) is 4.98. The van der Waals surface area contributed by atoms with E-state index in [1.54, 1.807) is 0 Å². The smallest absolute Gasteiger partial charge is 0.00930 e. The third-order valence-corrected chi connectivity index (χ3v) is 3.08. The van der Waals surface area contributed by atoms with Crippen LogP contribution in [0.5, 0.6) is 0 Å². The van der Waals surface area contributed by atoms with Gasteiger partial charge in [0.25, 0.3) is 0 Å². The largest absolute Gasteiger partial charge is 0.129 e. The van der Waals surface area contributed by atoms with Gasteiger partial charge in [0, 0.05) is 0 Å². The van der Waals surface area contributed by atoms with E-state index in [1.807, 2.05) is 0 Å². The first-order valence-electron chi connectivity index (χ1n) is 7.96. The average Bonchev–Trinajstić information content (AvgIpc) is 2.39. The van der Waals surface area contributed by atoms with Crippen molar-refractivity contribution in [3.63, 3.8) is 0 Å². The zero-order valence-electron chi connectivity index (χ0n) is 12.6. The van der Waals surface area contributed by atoms with Gasteiger partial charge in [-0.3, -0.25) is 0 Å². The SMILES string of the molecule is CCCCC=C=CCC=CCCCCCCCC. The number of allylic oxidation sites excluding steroid dienone is 3. The minimum Gasteiger partial charge on any atom is -0.129 e. The summed E-state index contributed by atoms with van der Waals surface area (Å²) in [4.78, 5) is 0. The molecule has 0 aromatic heterocycles. The molecule has 0 aromatic carbocycles. The Bertz CT molecular complexity index is 228. The minimum atomic E-state index is 1.04. The summed E-state index contributed by atoms with van der Waals surface area (Å²) in [7, 11) is 0. The molecule has 0 aromatic rings. The van der Waals surface area contributed by atoms with Crippen molar-refractivity contribution < 1.29 is 0 Å². The maximum absolute atomic E-state index is 3.24. The fraction of sp³-hybridized carbons (Fsp3) is 0.722. The van der Waals surface area contributed by atoms with Crippen molar-refractivity contribution in [2.24, 2.45) is 0 Å². The lowest BCUT2D eigenvalue weighted by Gasteiger charge is -1.97. The van der Waals surface area contributed by atoms with Crippen molar-refractivity contribution in [1.29, 1.82) is 0 Å². The van der Waals surface area contributed by atoms with Crippen molar-refractivity contribution in [2.75, 3.05) is 0 Å². The van der Waals surface area contributed by atoms with Gasteiger partial charge < -0.3 is 0 Å². The van der Waals surface area contributed by atoms with Crippen LogP contribution < -0.4 is 0 Å². The van der Waals surface area contributed by atoms with Crippen LogP contribution in [0.15, 0.2) is 30.0 Å². The Labute approximate surface area is 115 Å². The van der Waals surface area contributed by atoms with Crippen LogP contribution in [0.25, 0.3) is 0 Å². The second kappa shape index (κ2) is 16.3. The van der Waals surface area contributed by atoms with E-state index in [2.05, 4.69) is 43.9 Å². The Balaban J connectivity index is 3.25. The predicted molar refractivity (Wildman–Crippen MR) is 83.9 cm³/mol. The molecule has 104 valence electrons. The molecule has 0 N–H and O–H groups in total. The summed E-state index contributed by atoms with van der Waals surface area (Å²) >= 11 is 0. The Morgan fingerprint density at radius 2 is 1.39 bits per heavy atom. The molecule has 0 amide bonds. The molecular formula is C18H32. The van der Waals surface area contributed by atoms with Crippen LogP contribution in [0.2, 0.25) is 0 Å². The van der Waals surface area contributed by atoms with Crippen LogP contribution in [-0.2, 0) is 0 Å². The molecule has 0 spiro atoms. The third-order valence-electron chi connectivity index (χ3n) is 3.08. The van der Waals surface area contributed by atoms with E-state index in [4.69, 9.17) is 0 Å². The van der Waals surface area contributed by atoms with E-state index in [0.717, 1.165) is 6.42 Å². The van der Waals surface area contributed by atoms with Crippen LogP contribution in [-0.4, -0.2) is 0 Å². The number of hydrogen-bond donors (Lipinski definition) is 0. The molecule has 0 unspecified atom stereocenters. The molecule has 0 aliphatic heterocycles. The van der Waals surface area contributed by atoms with Crippen LogP contribution >= 0.6 is 0 Å². The molecule has 18 heavy (non-hydrogen) atoms. The van der Waals surface area contributed by atoms with Crippen molar-refractivity contribution in [1.82, 2.24) is 0 Å². The quantitative estimate of drug-likeness (QED) is 0.208. The van der Waals surface area contributed by atoms with Gasteiger partial charge in [0.1, 0.15) is 0 Å². The Morgan fingerprint density at radius 1 is 0.667 bits per heavy atom. The van der Waals surface area contributed by atoms with Crippen molar-refractivity contribution in [3.05, 3.63) is 30.0 Å². The van der Waals surface area contributed by atoms with Gasteiger partial charge in [-0.1, -0.05) is 64.5 Å². The first kappa shape index (κ1) is 17.3. The molecule has 0 rings (SSSR count). The fourth-order valence-corrected chi connectivity index (χ4v) is 1.87. The zero-order chi connectivity index (χ0) is 13.3. The Hall–Kier alpha value is -0.740. The van der Waals surface area contributed by atoms with Crippen molar-refractivity contribution in [3.8, 4) is 0 Å². The topological polar surface area (TPSA) is 0 Å². The normalized spacial score (nSPS) is 10.6. The summed E-state index contributed by atoms with van der Waals surface area (Å²) in [6.07, 6.45) is 23.3. The molecule has 0 bridgehead atoms. The molecule has 0 radical (unpaired) electrons. The average molecular weight is 248 g/mol. The number of unbranched alkanes of at least 4 members (excludes halogenated alkanes) is 8. The lowest BCUT2D eigenvalue weighted by molar-refractivity contribution is 0.611. The first-order valence-corrected chi connectivity index (χ1v) is 7.96. The van der Waals surface area contributed by atoms with Crippen LogP contribution in [0, 0.1) is 0 Å². The van der Waals surface area contributed by atoms with Gasteiger partial charge in [0.15, 0.2) is 0 Å². The number of hydrogen-bond acceptors (Lipinski definition) is 0. The third kappa shape index (κ3) is 15.3. The van der Waals surface area contributed by atoms with Gasteiger partial charge in [-0.05, 0) is 44.3 Å². The molecular weight excluding hydrogens is 216 g/mol. The molecule has 0 saturated carbocycles. The van der Waals surface area contributed by atoms with Gasteiger partial charge in [0.2, 0.25) is 0 Å². The maximum Gasteiger partial charge on any atom is -0.00930 e. The first-order chi connectivity index (χ1) is 8.91. The van der Waals surface area contributed by atoms with Crippen LogP contribution in [0.4, 0.5) is 0 Å². The Kier molecular flexibility index (Phi) is 15.6. The molecule has 0 fully saturated rings. The highest BCUT2D eigenvalue weighted by atomic mass is 13.9. The second-order valence-corrected chi connectivity index (χ2v) is 4.98. The van der Waals surface area contributed by atoms with E-state index in [1.165, 1.54) is 64.2 Å². The molecule has 0 aliphatic rings. The number of rotatable bonds is 12.